The second-order valence-corrected chi connectivity index (χ2v) is 5.54. The van der Waals surface area contributed by atoms with E-state index in [1.54, 1.807) is 7.11 Å². The van der Waals surface area contributed by atoms with Gasteiger partial charge < -0.3 is 15.8 Å². The summed E-state index contributed by atoms with van der Waals surface area (Å²) in [5.41, 5.74) is 7.15. The third-order valence-electron chi connectivity index (χ3n) is 3.02. The fourth-order valence-corrected chi connectivity index (χ4v) is 2.39. The lowest BCUT2D eigenvalue weighted by Crippen LogP contribution is -2.22. The van der Waals surface area contributed by atoms with E-state index in [-0.39, 0.29) is 11.8 Å². The van der Waals surface area contributed by atoms with Crippen LogP contribution < -0.4 is 15.8 Å². The summed E-state index contributed by atoms with van der Waals surface area (Å²) in [6.07, 6.45) is 1.64. The van der Waals surface area contributed by atoms with Gasteiger partial charge in [-0.2, -0.15) is 0 Å². The Bertz CT molecular complexity index is 449. The first-order valence-electron chi connectivity index (χ1n) is 6.34. The van der Waals surface area contributed by atoms with E-state index in [0.29, 0.717) is 12.3 Å². The van der Waals surface area contributed by atoms with Crippen LogP contribution in [-0.4, -0.2) is 19.6 Å². The second-order valence-electron chi connectivity index (χ2n) is 4.62. The Morgan fingerprint density at radius 2 is 2.21 bits per heavy atom. The SMILES string of the molecule is COc1cc(Br)cc(C)c1NC(=O)C(C)CCCN. The molecule has 0 saturated heterocycles. The van der Waals surface area contributed by atoms with Crippen molar-refractivity contribution in [3.63, 3.8) is 0 Å². The lowest BCUT2D eigenvalue weighted by Gasteiger charge is -2.16. The van der Waals surface area contributed by atoms with Crippen molar-refractivity contribution in [2.75, 3.05) is 19.0 Å². The van der Waals surface area contributed by atoms with Gasteiger partial charge in [0.15, 0.2) is 0 Å². The average molecular weight is 329 g/mol. The zero-order valence-electron chi connectivity index (χ0n) is 11.6. The molecular formula is C14H21BrN2O2. The number of anilines is 1. The predicted octanol–water partition coefficient (Wildman–Crippen LogP) is 3.08. The normalized spacial score (nSPS) is 12.1. The quantitative estimate of drug-likeness (QED) is 0.843. The number of nitrogens with two attached hydrogens (primary N) is 1. The maximum Gasteiger partial charge on any atom is 0.227 e. The summed E-state index contributed by atoms with van der Waals surface area (Å²) in [7, 11) is 1.59. The summed E-state index contributed by atoms with van der Waals surface area (Å²) in [5.74, 6) is 0.597. The van der Waals surface area contributed by atoms with Gasteiger partial charge in [-0.3, -0.25) is 4.79 Å². The Morgan fingerprint density at radius 1 is 1.53 bits per heavy atom. The number of hydrogen-bond acceptors (Lipinski definition) is 3. The van der Waals surface area contributed by atoms with Crippen LogP contribution in [0.4, 0.5) is 5.69 Å². The van der Waals surface area contributed by atoms with Crippen LogP contribution >= 0.6 is 15.9 Å². The van der Waals surface area contributed by atoms with Crippen molar-refractivity contribution < 1.29 is 9.53 Å². The lowest BCUT2D eigenvalue weighted by atomic mass is 10.0. The minimum Gasteiger partial charge on any atom is -0.495 e. The summed E-state index contributed by atoms with van der Waals surface area (Å²) in [5, 5.41) is 2.94. The van der Waals surface area contributed by atoms with E-state index in [1.807, 2.05) is 26.0 Å². The molecule has 106 valence electrons. The number of nitrogens with one attached hydrogen (secondary N) is 1. The summed E-state index contributed by atoms with van der Waals surface area (Å²) in [6, 6.07) is 3.79. The molecule has 1 aromatic carbocycles. The Hall–Kier alpha value is -1.07. The minimum atomic E-state index is -0.0590. The minimum absolute atomic E-state index is 0.00262. The van der Waals surface area contributed by atoms with Crippen LogP contribution in [0.2, 0.25) is 0 Å². The molecule has 0 saturated carbocycles. The van der Waals surface area contributed by atoms with E-state index in [2.05, 4.69) is 21.2 Å². The Labute approximate surface area is 122 Å². The molecule has 0 bridgehead atoms. The van der Waals surface area contributed by atoms with Crippen molar-refractivity contribution in [3.8, 4) is 5.75 Å². The smallest absolute Gasteiger partial charge is 0.227 e. The molecule has 4 nitrogen and oxygen atoms in total. The number of carbonyl (C=O) groups is 1. The van der Waals surface area contributed by atoms with Crippen molar-refractivity contribution in [1.82, 2.24) is 0 Å². The highest BCUT2D eigenvalue weighted by Crippen LogP contribution is 2.32. The van der Waals surface area contributed by atoms with Gasteiger partial charge in [-0.05, 0) is 44.0 Å². The van der Waals surface area contributed by atoms with Crippen LogP contribution in [0.15, 0.2) is 16.6 Å². The van der Waals surface area contributed by atoms with Crippen molar-refractivity contribution in [1.29, 1.82) is 0 Å². The van der Waals surface area contributed by atoms with Crippen LogP contribution in [0, 0.1) is 12.8 Å². The van der Waals surface area contributed by atoms with Crippen LogP contribution in [0.3, 0.4) is 0 Å². The summed E-state index contributed by atoms with van der Waals surface area (Å²) < 4.78 is 6.23. The fourth-order valence-electron chi connectivity index (χ4n) is 1.84. The predicted molar refractivity (Wildman–Crippen MR) is 81.5 cm³/mol. The zero-order chi connectivity index (χ0) is 14.4. The number of benzene rings is 1. The fraction of sp³-hybridized carbons (Fsp3) is 0.500. The van der Waals surface area contributed by atoms with Gasteiger partial charge in [0.2, 0.25) is 5.91 Å². The first kappa shape index (κ1) is 16.0. The van der Waals surface area contributed by atoms with Crippen molar-refractivity contribution in [2.45, 2.75) is 26.7 Å². The number of methoxy groups -OCH3 is 1. The standard InChI is InChI=1S/C14H21BrN2O2/c1-9(5-4-6-16)14(18)17-13-10(2)7-11(15)8-12(13)19-3/h7-9H,4-6,16H2,1-3H3,(H,17,18). The molecule has 1 unspecified atom stereocenters. The van der Waals surface area contributed by atoms with Gasteiger partial charge in [-0.1, -0.05) is 22.9 Å². The monoisotopic (exact) mass is 328 g/mol. The molecular weight excluding hydrogens is 308 g/mol. The average Bonchev–Trinajstić information content (AvgIpc) is 2.38. The highest BCUT2D eigenvalue weighted by atomic mass is 79.9. The van der Waals surface area contributed by atoms with Crippen LogP contribution in [0.5, 0.6) is 5.75 Å². The van der Waals surface area contributed by atoms with E-state index in [1.165, 1.54) is 0 Å². The van der Waals surface area contributed by atoms with Crippen molar-refractivity contribution in [3.05, 3.63) is 22.2 Å². The van der Waals surface area contributed by atoms with E-state index >= 15 is 0 Å². The molecule has 0 spiro atoms. The molecule has 1 aromatic rings. The van der Waals surface area contributed by atoms with Gasteiger partial charge in [0.05, 0.1) is 12.8 Å². The third-order valence-corrected chi connectivity index (χ3v) is 3.48. The molecule has 1 atom stereocenters. The summed E-state index contributed by atoms with van der Waals surface area (Å²) in [6.45, 7) is 4.46. The first-order valence-corrected chi connectivity index (χ1v) is 7.14. The van der Waals surface area contributed by atoms with Gasteiger partial charge in [0.25, 0.3) is 0 Å². The maximum absolute atomic E-state index is 12.1. The summed E-state index contributed by atoms with van der Waals surface area (Å²) >= 11 is 3.41. The molecule has 3 N–H and O–H groups in total. The number of hydrogen-bond donors (Lipinski definition) is 2. The van der Waals surface area contributed by atoms with E-state index < -0.39 is 0 Å². The Kier molecular flexibility index (Phi) is 6.31. The first-order chi connectivity index (χ1) is 8.99. The number of carbonyl (C=O) groups excluding carboxylic acids is 1. The van der Waals surface area contributed by atoms with Crippen molar-refractivity contribution >= 4 is 27.5 Å². The zero-order valence-corrected chi connectivity index (χ0v) is 13.2. The Morgan fingerprint density at radius 3 is 2.79 bits per heavy atom. The lowest BCUT2D eigenvalue weighted by molar-refractivity contribution is -0.119. The van der Waals surface area contributed by atoms with Gasteiger partial charge in [0.1, 0.15) is 5.75 Å². The molecule has 0 aliphatic rings. The molecule has 1 rings (SSSR count). The number of amides is 1. The van der Waals surface area contributed by atoms with Gasteiger partial charge >= 0.3 is 0 Å². The van der Waals surface area contributed by atoms with Crippen LogP contribution in [-0.2, 0) is 4.79 Å². The number of aryl methyl sites for hydroxylation is 1. The Balaban J connectivity index is 2.84. The third kappa shape index (κ3) is 4.51. The molecule has 5 heteroatoms. The number of ether oxygens (including phenoxy) is 1. The van der Waals surface area contributed by atoms with E-state index in [0.717, 1.165) is 28.6 Å². The molecule has 0 aliphatic heterocycles. The molecule has 0 aromatic heterocycles. The molecule has 0 radical (unpaired) electrons. The second kappa shape index (κ2) is 7.50. The highest BCUT2D eigenvalue weighted by molar-refractivity contribution is 9.10. The molecule has 19 heavy (non-hydrogen) atoms. The molecule has 1 amide bonds. The summed E-state index contributed by atoms with van der Waals surface area (Å²) in [4.78, 5) is 12.1. The van der Waals surface area contributed by atoms with Crippen molar-refractivity contribution in [2.24, 2.45) is 11.7 Å². The van der Waals surface area contributed by atoms with E-state index in [9.17, 15) is 4.79 Å². The van der Waals surface area contributed by atoms with Crippen LogP contribution in [0.25, 0.3) is 0 Å². The van der Waals surface area contributed by atoms with E-state index in [4.69, 9.17) is 10.5 Å². The molecule has 0 heterocycles. The van der Waals surface area contributed by atoms with Gasteiger partial charge in [-0.15, -0.1) is 0 Å². The highest BCUT2D eigenvalue weighted by Gasteiger charge is 2.16. The maximum atomic E-state index is 12.1. The topological polar surface area (TPSA) is 64.3 Å². The number of rotatable bonds is 6. The largest absolute Gasteiger partial charge is 0.495 e. The molecule has 0 aliphatic carbocycles. The number of halogens is 1. The van der Waals surface area contributed by atoms with Crippen LogP contribution in [0.1, 0.15) is 25.3 Å². The van der Waals surface area contributed by atoms with Gasteiger partial charge in [-0.25, -0.2) is 0 Å². The molecule has 0 fully saturated rings. The van der Waals surface area contributed by atoms with Gasteiger partial charge in [0, 0.05) is 10.4 Å².